The van der Waals surface area contributed by atoms with Gasteiger partial charge in [-0.3, -0.25) is 14.6 Å². The number of amidine groups is 1. The van der Waals surface area contributed by atoms with Crippen molar-refractivity contribution in [3.63, 3.8) is 0 Å². The highest BCUT2D eigenvalue weighted by molar-refractivity contribution is 6.09. The molecule has 2 aromatic carbocycles. The largest absolute Gasteiger partial charge is 0.372 e. The molecule has 1 aliphatic heterocycles. The Morgan fingerprint density at radius 3 is 1.65 bits per heavy atom. The second-order valence-corrected chi connectivity index (χ2v) is 14.5. The van der Waals surface area contributed by atoms with Gasteiger partial charge in [0.25, 0.3) is 0 Å². The van der Waals surface area contributed by atoms with Crippen molar-refractivity contribution in [3.05, 3.63) is 95.6 Å². The van der Waals surface area contributed by atoms with E-state index in [9.17, 15) is 9.59 Å². The molecule has 272 valence electrons. The van der Waals surface area contributed by atoms with Crippen molar-refractivity contribution in [3.8, 4) is 22.5 Å². The second kappa shape index (κ2) is 15.8. The van der Waals surface area contributed by atoms with Gasteiger partial charge < -0.3 is 21.0 Å². The molecule has 0 spiro atoms. The third-order valence-corrected chi connectivity index (χ3v) is 8.41. The Morgan fingerprint density at radius 1 is 0.731 bits per heavy atom. The fourth-order valence-corrected chi connectivity index (χ4v) is 5.67. The molecule has 0 radical (unpaired) electrons. The molecule has 11 heteroatoms. The molecular formula is C41H51N9O2. The lowest BCUT2D eigenvalue weighted by Gasteiger charge is -2.15. The van der Waals surface area contributed by atoms with Crippen LogP contribution in [-0.2, 0) is 13.0 Å². The molecule has 5 N–H and O–H groups in total. The van der Waals surface area contributed by atoms with Gasteiger partial charge in [0.05, 0.1) is 41.5 Å². The molecule has 0 unspecified atom stereocenters. The van der Waals surface area contributed by atoms with Crippen molar-refractivity contribution in [1.82, 2.24) is 35.2 Å². The maximum absolute atomic E-state index is 12.7. The van der Waals surface area contributed by atoms with Crippen molar-refractivity contribution in [1.29, 1.82) is 0 Å². The maximum Gasteiger partial charge on any atom is 0.171 e. The Labute approximate surface area is 306 Å². The number of nitrogens with zero attached hydrogens (tertiary/aromatic N) is 5. The zero-order valence-corrected chi connectivity index (χ0v) is 29.4. The number of rotatable bonds is 7. The first-order chi connectivity index (χ1) is 23.8. The fraction of sp³-hybridized carbons (Fsp3) is 0.341. The normalized spacial score (nSPS) is 12.6. The molecule has 0 bridgehead atoms. The summed E-state index contributed by atoms with van der Waals surface area (Å²) in [5.74, 6) is 1.13. The number of aromatic amines is 2. The van der Waals surface area contributed by atoms with Gasteiger partial charge in [-0.25, -0.2) is 19.9 Å². The number of nitrogens with one attached hydrogen (secondary N) is 3. The van der Waals surface area contributed by atoms with Crippen molar-refractivity contribution in [2.24, 2.45) is 21.6 Å². The van der Waals surface area contributed by atoms with Crippen LogP contribution in [-0.4, -0.2) is 60.4 Å². The lowest BCUT2D eigenvalue weighted by molar-refractivity contribution is 0.0854. The maximum atomic E-state index is 12.7. The number of carbonyl (C=O) groups excluding carboxylic acids is 2. The van der Waals surface area contributed by atoms with Gasteiger partial charge in [-0.1, -0.05) is 92.8 Å². The third kappa shape index (κ3) is 8.48. The highest BCUT2D eigenvalue weighted by Gasteiger charge is 2.27. The second-order valence-electron chi connectivity index (χ2n) is 14.5. The quantitative estimate of drug-likeness (QED) is 0.122. The Balaban J connectivity index is 0.000000227. The van der Waals surface area contributed by atoms with E-state index in [1.54, 1.807) is 24.8 Å². The number of nitrogens with two attached hydrogens (primary N) is 1. The Morgan fingerprint density at radius 2 is 1.21 bits per heavy atom. The fourth-order valence-electron chi connectivity index (χ4n) is 5.67. The number of fused-ring (bicyclic) bond motifs is 2. The number of carbonyl (C=O) groups is 2. The van der Waals surface area contributed by atoms with Crippen LogP contribution >= 0.6 is 0 Å². The van der Waals surface area contributed by atoms with E-state index >= 15 is 0 Å². The first-order valence-corrected chi connectivity index (χ1v) is 16.8. The SMILES string of the molecule is C.C.CC(C)(C)C(=O)c1c[nH]c2ncc(-c3cccc(CC4=NCCN4)c3)nc12.CC(C)(C)C(=O)c1c[nH]c2ncc(-c3cccc(CN)c3)nc12. The lowest BCUT2D eigenvalue weighted by atomic mass is 9.87. The molecule has 7 rings (SSSR count). The summed E-state index contributed by atoms with van der Waals surface area (Å²) >= 11 is 0. The number of ketones is 2. The molecule has 0 aliphatic carbocycles. The molecular weight excluding hydrogens is 651 g/mol. The van der Waals surface area contributed by atoms with Crippen molar-refractivity contribution in [2.45, 2.75) is 69.4 Å². The lowest BCUT2D eigenvalue weighted by Crippen LogP contribution is -2.20. The third-order valence-electron chi connectivity index (χ3n) is 8.41. The van der Waals surface area contributed by atoms with Crippen LogP contribution in [0.25, 0.3) is 44.8 Å². The van der Waals surface area contributed by atoms with E-state index in [1.807, 2.05) is 77.9 Å². The van der Waals surface area contributed by atoms with Gasteiger partial charge in [-0.05, 0) is 23.3 Å². The van der Waals surface area contributed by atoms with Crippen molar-refractivity contribution >= 4 is 39.7 Å². The van der Waals surface area contributed by atoms with E-state index in [0.717, 1.165) is 53.4 Å². The number of hydrogen-bond donors (Lipinski definition) is 4. The van der Waals surface area contributed by atoms with Crippen LogP contribution in [0, 0.1) is 10.8 Å². The summed E-state index contributed by atoms with van der Waals surface area (Å²) in [7, 11) is 0. The number of H-pyrrole nitrogens is 2. The van der Waals surface area contributed by atoms with Crippen LogP contribution < -0.4 is 11.1 Å². The monoisotopic (exact) mass is 701 g/mol. The molecule has 52 heavy (non-hydrogen) atoms. The van der Waals surface area contributed by atoms with Crippen LogP contribution in [0.5, 0.6) is 0 Å². The van der Waals surface area contributed by atoms with Gasteiger partial charge in [0.1, 0.15) is 16.9 Å². The van der Waals surface area contributed by atoms with Gasteiger partial charge in [0.2, 0.25) is 0 Å². The van der Waals surface area contributed by atoms with E-state index in [4.69, 9.17) is 10.7 Å². The van der Waals surface area contributed by atoms with Gasteiger partial charge in [-0.2, -0.15) is 0 Å². The molecule has 0 amide bonds. The summed E-state index contributed by atoms with van der Waals surface area (Å²) in [6.45, 7) is 13.7. The number of aromatic nitrogens is 6. The van der Waals surface area contributed by atoms with Gasteiger partial charge in [-0.15, -0.1) is 0 Å². The van der Waals surface area contributed by atoms with E-state index in [0.29, 0.717) is 40.0 Å². The number of hydrogen-bond acceptors (Lipinski definition) is 9. The van der Waals surface area contributed by atoms with E-state index < -0.39 is 10.8 Å². The average Bonchev–Trinajstić information content (AvgIpc) is 3.87. The topological polar surface area (TPSA) is 168 Å². The summed E-state index contributed by atoms with van der Waals surface area (Å²) in [6, 6.07) is 16.1. The van der Waals surface area contributed by atoms with Crippen LogP contribution in [0.15, 0.2) is 78.3 Å². The van der Waals surface area contributed by atoms with Gasteiger partial charge in [0, 0.05) is 53.9 Å². The molecule has 1 aliphatic rings. The molecule has 0 saturated carbocycles. The predicted octanol–water partition coefficient (Wildman–Crippen LogP) is 7.98. The van der Waals surface area contributed by atoms with Crippen molar-refractivity contribution < 1.29 is 9.59 Å². The van der Waals surface area contributed by atoms with Gasteiger partial charge in [0.15, 0.2) is 22.9 Å². The molecule has 0 atom stereocenters. The van der Waals surface area contributed by atoms with E-state index in [-0.39, 0.29) is 26.4 Å². The first kappa shape index (κ1) is 39.2. The van der Waals surface area contributed by atoms with E-state index in [1.165, 1.54) is 5.56 Å². The molecule has 0 saturated heterocycles. The standard InChI is InChI=1S/C21H23N5O.C18H20N4O.2CH4/c1-21(2,3)19(27)15-11-24-20-18(15)26-16(12-25-20)14-6-4-5-13(9-14)10-17-22-7-8-23-17;1-18(2,3)16(23)13-9-20-17-15(13)22-14(10-21-17)12-6-4-5-11(7-12)8-19;;/h4-6,9,11-12H,7-8,10H2,1-3H3,(H,22,23)(H,24,25);4-7,9-10H,8,19H2,1-3H3,(H,20,21);2*1H4. The minimum Gasteiger partial charge on any atom is -0.372 e. The number of benzene rings is 2. The molecule has 4 aromatic heterocycles. The molecule has 6 aromatic rings. The highest BCUT2D eigenvalue weighted by Crippen LogP contribution is 2.29. The predicted molar refractivity (Wildman–Crippen MR) is 212 cm³/mol. The Hall–Kier alpha value is -5.55. The highest BCUT2D eigenvalue weighted by atomic mass is 16.1. The minimum atomic E-state index is -0.471. The summed E-state index contributed by atoms with van der Waals surface area (Å²) in [4.78, 5) is 54.1. The summed E-state index contributed by atoms with van der Waals surface area (Å²) in [6.07, 6.45) is 7.64. The summed E-state index contributed by atoms with van der Waals surface area (Å²) < 4.78 is 0. The van der Waals surface area contributed by atoms with E-state index in [2.05, 4.69) is 47.4 Å². The minimum absolute atomic E-state index is 0. The van der Waals surface area contributed by atoms with Crippen LogP contribution in [0.1, 0.15) is 88.2 Å². The number of Topliss-reactive ketones (excluding diaryl/α,β-unsaturated/α-hetero) is 2. The van der Waals surface area contributed by atoms with Crippen LogP contribution in [0.2, 0.25) is 0 Å². The zero-order valence-electron chi connectivity index (χ0n) is 29.4. The average molecular weight is 702 g/mol. The Bertz CT molecular complexity index is 2230. The smallest absolute Gasteiger partial charge is 0.171 e. The van der Waals surface area contributed by atoms with Crippen LogP contribution in [0.3, 0.4) is 0 Å². The van der Waals surface area contributed by atoms with Gasteiger partial charge >= 0.3 is 0 Å². The van der Waals surface area contributed by atoms with Crippen molar-refractivity contribution in [2.75, 3.05) is 13.1 Å². The molecule has 11 nitrogen and oxygen atoms in total. The zero-order chi connectivity index (χ0) is 35.6. The Kier molecular flexibility index (Phi) is 11.9. The molecule has 5 heterocycles. The summed E-state index contributed by atoms with van der Waals surface area (Å²) in [5, 5.41) is 3.30. The van der Waals surface area contributed by atoms with Crippen LogP contribution in [0.4, 0.5) is 0 Å². The summed E-state index contributed by atoms with van der Waals surface area (Å²) in [5.41, 5.74) is 14.0. The number of aliphatic imine (C=N–C) groups is 1. The first-order valence-electron chi connectivity index (χ1n) is 16.8. The molecule has 0 fully saturated rings.